The molecule has 6 rings (SSSR count). The zero-order valence-corrected chi connectivity index (χ0v) is 19.8. The molecule has 1 aliphatic heterocycles. The highest BCUT2D eigenvalue weighted by Crippen LogP contribution is 2.46. The van der Waals surface area contributed by atoms with Crippen molar-refractivity contribution >= 4 is 17.5 Å². The number of aryl methyl sites for hydroxylation is 1. The monoisotopic (exact) mass is 464 g/mol. The van der Waals surface area contributed by atoms with E-state index in [0.29, 0.717) is 30.9 Å². The second-order valence-electron chi connectivity index (χ2n) is 9.32. The predicted octanol–water partition coefficient (Wildman–Crippen LogP) is 4.72. The largest absolute Gasteiger partial charge is 0.486 e. The highest BCUT2D eigenvalue weighted by atomic mass is 32.2. The van der Waals surface area contributed by atoms with Gasteiger partial charge in [0.2, 0.25) is 0 Å². The molecule has 8 heteroatoms. The smallest absolute Gasteiger partial charge is 0.191 e. The summed E-state index contributed by atoms with van der Waals surface area (Å²) in [5.41, 5.74) is 2.81. The van der Waals surface area contributed by atoms with Crippen LogP contribution in [-0.4, -0.2) is 43.6 Å². The maximum atomic E-state index is 13.2. The third-order valence-electron chi connectivity index (χ3n) is 6.71. The van der Waals surface area contributed by atoms with Crippen LogP contribution < -0.4 is 9.47 Å². The Morgan fingerprint density at radius 2 is 1.91 bits per heavy atom. The van der Waals surface area contributed by atoms with E-state index in [2.05, 4.69) is 19.3 Å². The van der Waals surface area contributed by atoms with Crippen molar-refractivity contribution in [1.29, 1.82) is 0 Å². The number of aromatic nitrogens is 4. The number of ketones is 1. The summed E-state index contributed by atoms with van der Waals surface area (Å²) >= 11 is 1.52. The van der Waals surface area contributed by atoms with Gasteiger partial charge in [-0.1, -0.05) is 23.9 Å². The first-order chi connectivity index (χ1) is 16.1. The number of rotatable bonds is 8. The van der Waals surface area contributed by atoms with Gasteiger partial charge in [-0.2, -0.15) is 0 Å². The molecule has 7 nitrogen and oxygen atoms in total. The van der Waals surface area contributed by atoms with Crippen molar-refractivity contribution in [3.8, 4) is 11.5 Å². The van der Waals surface area contributed by atoms with Crippen LogP contribution in [0.5, 0.6) is 11.5 Å². The van der Waals surface area contributed by atoms with Gasteiger partial charge < -0.3 is 18.6 Å². The fourth-order valence-corrected chi connectivity index (χ4v) is 5.51. The van der Waals surface area contributed by atoms with Gasteiger partial charge in [0, 0.05) is 28.9 Å². The molecule has 2 aromatic heterocycles. The molecule has 33 heavy (non-hydrogen) atoms. The first-order valence-corrected chi connectivity index (χ1v) is 12.7. The molecular weight excluding hydrogens is 436 g/mol. The van der Waals surface area contributed by atoms with Crippen LogP contribution in [0.4, 0.5) is 0 Å². The van der Waals surface area contributed by atoms with Crippen LogP contribution in [0.15, 0.2) is 35.5 Å². The molecule has 3 heterocycles. The lowest BCUT2D eigenvalue weighted by molar-refractivity contribution is 0.0777. The van der Waals surface area contributed by atoms with Crippen LogP contribution in [0, 0.1) is 13.8 Å². The summed E-state index contributed by atoms with van der Waals surface area (Å²) in [6.45, 7) is 5.20. The molecule has 2 fully saturated rings. The van der Waals surface area contributed by atoms with Crippen molar-refractivity contribution in [2.24, 2.45) is 0 Å². The van der Waals surface area contributed by atoms with E-state index >= 15 is 0 Å². The van der Waals surface area contributed by atoms with Gasteiger partial charge in [0.05, 0.1) is 12.3 Å². The average Bonchev–Trinajstić information content (AvgIpc) is 3.76. The van der Waals surface area contributed by atoms with E-state index in [1.807, 2.05) is 44.2 Å². The summed E-state index contributed by atoms with van der Waals surface area (Å²) in [4.78, 5) is 13.2. The quantitative estimate of drug-likeness (QED) is 0.355. The summed E-state index contributed by atoms with van der Waals surface area (Å²) in [5, 5.41) is 9.79. The molecule has 2 aliphatic carbocycles. The van der Waals surface area contributed by atoms with Gasteiger partial charge in [0.25, 0.3) is 0 Å². The number of hydrogen-bond acceptors (Lipinski definition) is 6. The number of benzene rings is 1. The van der Waals surface area contributed by atoms with Crippen molar-refractivity contribution in [3.63, 3.8) is 0 Å². The van der Waals surface area contributed by atoms with Gasteiger partial charge in [-0.25, -0.2) is 0 Å². The van der Waals surface area contributed by atoms with Gasteiger partial charge in [0.1, 0.15) is 12.4 Å². The number of thioether (sulfide) groups is 1. The second kappa shape index (κ2) is 8.24. The molecule has 0 N–H and O–H groups in total. The number of ether oxygens (including phenoxy) is 2. The number of para-hydroxylation sites is 2. The first kappa shape index (κ1) is 20.8. The maximum absolute atomic E-state index is 13.2. The van der Waals surface area contributed by atoms with E-state index in [4.69, 9.17) is 9.47 Å². The van der Waals surface area contributed by atoms with Crippen LogP contribution in [-0.2, 0) is 6.54 Å². The predicted molar refractivity (Wildman–Crippen MR) is 126 cm³/mol. The summed E-state index contributed by atoms with van der Waals surface area (Å²) in [5.74, 6) is 3.75. The van der Waals surface area contributed by atoms with Crippen molar-refractivity contribution in [1.82, 2.24) is 19.3 Å². The van der Waals surface area contributed by atoms with Crippen LogP contribution in [0.1, 0.15) is 65.2 Å². The molecule has 0 saturated heterocycles. The topological polar surface area (TPSA) is 71.2 Å². The van der Waals surface area contributed by atoms with Crippen LogP contribution in [0.3, 0.4) is 0 Å². The molecule has 1 aromatic carbocycles. The lowest BCUT2D eigenvalue weighted by Gasteiger charge is -2.27. The van der Waals surface area contributed by atoms with E-state index in [9.17, 15) is 4.79 Å². The van der Waals surface area contributed by atoms with Crippen LogP contribution in [0.25, 0.3) is 0 Å². The SMILES string of the molecule is Cc1cc(C(=O)CSc2nnc(C3CC3)n2C2CC2)c(C)n1C[C@H]1COc2ccccc2O1. The van der Waals surface area contributed by atoms with Crippen molar-refractivity contribution in [2.45, 2.75) is 69.3 Å². The number of Topliss-reactive ketones (excluding diaryl/α,β-unsaturated/α-hetero) is 1. The molecule has 0 radical (unpaired) electrons. The summed E-state index contributed by atoms with van der Waals surface area (Å²) < 4.78 is 16.5. The number of carbonyl (C=O) groups is 1. The Hall–Kier alpha value is -2.74. The lowest BCUT2D eigenvalue weighted by atomic mass is 10.2. The van der Waals surface area contributed by atoms with Gasteiger partial charge >= 0.3 is 0 Å². The molecular formula is C25H28N4O3S. The standard InChI is InChI=1S/C25H28N4O3S/c1-15-11-20(16(2)28(15)12-19-13-31-22-5-3-4-6-23(22)32-19)21(30)14-33-25-27-26-24(17-7-8-17)29(25)18-9-10-18/h3-6,11,17-19H,7-10,12-14H2,1-2H3/t19-/m0/s1. The summed E-state index contributed by atoms with van der Waals surface area (Å²) in [7, 11) is 0. The Balaban J connectivity index is 1.14. The van der Waals surface area contributed by atoms with Crippen LogP contribution >= 0.6 is 11.8 Å². The van der Waals surface area contributed by atoms with E-state index in [0.717, 1.165) is 39.4 Å². The van der Waals surface area contributed by atoms with E-state index in [1.54, 1.807) is 0 Å². The Labute approximate surface area is 197 Å². The highest BCUT2D eigenvalue weighted by Gasteiger charge is 2.36. The molecule has 0 amide bonds. The van der Waals surface area contributed by atoms with Gasteiger partial charge in [-0.3, -0.25) is 4.79 Å². The molecule has 172 valence electrons. The lowest BCUT2D eigenvalue weighted by Crippen LogP contribution is -2.33. The van der Waals surface area contributed by atoms with Crippen LogP contribution in [0.2, 0.25) is 0 Å². The molecule has 0 unspecified atom stereocenters. The number of hydrogen-bond donors (Lipinski definition) is 0. The Morgan fingerprint density at radius 1 is 1.12 bits per heavy atom. The van der Waals surface area contributed by atoms with E-state index in [1.165, 1.54) is 37.4 Å². The minimum Gasteiger partial charge on any atom is -0.486 e. The molecule has 1 atom stereocenters. The zero-order chi connectivity index (χ0) is 22.5. The second-order valence-corrected chi connectivity index (χ2v) is 10.3. The maximum Gasteiger partial charge on any atom is 0.191 e. The summed E-state index contributed by atoms with van der Waals surface area (Å²) in [6.07, 6.45) is 4.71. The Bertz CT molecular complexity index is 1210. The summed E-state index contributed by atoms with van der Waals surface area (Å²) in [6, 6.07) is 10.3. The molecule has 3 aliphatic rings. The minimum atomic E-state index is -0.0973. The Morgan fingerprint density at radius 3 is 2.67 bits per heavy atom. The highest BCUT2D eigenvalue weighted by molar-refractivity contribution is 7.99. The van der Waals surface area contributed by atoms with E-state index < -0.39 is 0 Å². The van der Waals surface area contributed by atoms with Crippen molar-refractivity contribution < 1.29 is 14.3 Å². The fraction of sp³-hybridized carbons (Fsp3) is 0.480. The zero-order valence-electron chi connectivity index (χ0n) is 19.0. The van der Waals surface area contributed by atoms with Gasteiger partial charge in [-0.05, 0) is 57.7 Å². The average molecular weight is 465 g/mol. The van der Waals surface area contributed by atoms with Crippen molar-refractivity contribution in [2.75, 3.05) is 12.4 Å². The molecule has 0 spiro atoms. The first-order valence-electron chi connectivity index (χ1n) is 11.7. The van der Waals surface area contributed by atoms with Gasteiger partial charge in [-0.15, -0.1) is 10.2 Å². The third kappa shape index (κ3) is 4.05. The Kier molecular flexibility index (Phi) is 5.20. The van der Waals surface area contributed by atoms with E-state index in [-0.39, 0.29) is 11.9 Å². The normalized spacial score (nSPS) is 19.6. The minimum absolute atomic E-state index is 0.0973. The number of fused-ring (bicyclic) bond motifs is 1. The molecule has 0 bridgehead atoms. The third-order valence-corrected chi connectivity index (χ3v) is 7.65. The number of carbonyl (C=O) groups excluding carboxylic acids is 1. The molecule has 3 aromatic rings. The van der Waals surface area contributed by atoms with Crippen molar-refractivity contribution in [3.05, 3.63) is 53.1 Å². The fourth-order valence-electron chi connectivity index (χ4n) is 4.61. The number of nitrogens with zero attached hydrogens (tertiary/aromatic N) is 4. The molecule has 2 saturated carbocycles. The van der Waals surface area contributed by atoms with Gasteiger partial charge in [0.15, 0.2) is 28.5 Å².